The lowest BCUT2D eigenvalue weighted by atomic mass is 10.5. The Morgan fingerprint density at radius 3 is 2.75 bits per heavy atom. The van der Waals surface area contributed by atoms with E-state index in [4.69, 9.17) is 0 Å². The molecule has 0 aliphatic heterocycles. The zero-order chi connectivity index (χ0) is 14.6. The Morgan fingerprint density at radius 2 is 2.10 bits per heavy atom. The van der Waals surface area contributed by atoms with Gasteiger partial charge in [-0.2, -0.15) is 5.10 Å². The maximum absolute atomic E-state index is 10.9. The lowest BCUT2D eigenvalue weighted by Crippen LogP contribution is -2.27. The Labute approximate surface area is 117 Å². The number of anilines is 1. The highest BCUT2D eigenvalue weighted by Crippen LogP contribution is 2.08. The molecular weight excluding hydrogens is 280 g/mol. The summed E-state index contributed by atoms with van der Waals surface area (Å²) in [5.74, 6) is 1.25. The van der Waals surface area contributed by atoms with Gasteiger partial charge in [-0.25, -0.2) is 27.8 Å². The summed E-state index contributed by atoms with van der Waals surface area (Å²) in [6.07, 6.45) is 4.36. The first-order valence-corrected chi connectivity index (χ1v) is 7.86. The van der Waals surface area contributed by atoms with Crippen LogP contribution in [0.25, 0.3) is 5.82 Å². The van der Waals surface area contributed by atoms with Crippen molar-refractivity contribution in [3.8, 4) is 5.82 Å². The highest BCUT2D eigenvalue weighted by atomic mass is 32.2. The summed E-state index contributed by atoms with van der Waals surface area (Å²) in [6.45, 7) is 2.62. The van der Waals surface area contributed by atoms with Gasteiger partial charge >= 0.3 is 0 Å². The quantitative estimate of drug-likeness (QED) is 0.724. The second kappa shape index (κ2) is 5.97. The molecule has 0 amide bonds. The van der Waals surface area contributed by atoms with Crippen LogP contribution in [-0.2, 0) is 10.0 Å². The van der Waals surface area contributed by atoms with Gasteiger partial charge in [0.1, 0.15) is 12.1 Å². The lowest BCUT2D eigenvalue weighted by molar-refractivity contribution is 0.589. The topological polar surface area (TPSA) is 102 Å². The van der Waals surface area contributed by atoms with Crippen LogP contribution in [0.2, 0.25) is 0 Å². The Hall–Kier alpha value is -2.00. The molecule has 2 rings (SSSR count). The maximum Gasteiger partial charge on any atom is 0.208 e. The number of nitrogens with zero attached hydrogens (tertiary/aromatic N) is 4. The van der Waals surface area contributed by atoms with Crippen molar-refractivity contribution in [2.45, 2.75) is 6.92 Å². The minimum Gasteiger partial charge on any atom is -0.369 e. The highest BCUT2D eigenvalue weighted by Gasteiger charge is 2.03. The molecule has 2 heterocycles. The molecule has 0 unspecified atom stereocenters. The fourth-order valence-electron chi connectivity index (χ4n) is 1.54. The van der Waals surface area contributed by atoms with Crippen LogP contribution in [0.5, 0.6) is 0 Å². The number of sulfonamides is 1. The van der Waals surface area contributed by atoms with Crippen molar-refractivity contribution in [2.24, 2.45) is 0 Å². The van der Waals surface area contributed by atoms with Gasteiger partial charge in [-0.05, 0) is 13.0 Å². The van der Waals surface area contributed by atoms with E-state index < -0.39 is 10.0 Å². The number of aromatic nitrogens is 4. The third-order valence-corrected chi connectivity index (χ3v) is 3.13. The average Bonchev–Trinajstić information content (AvgIpc) is 2.81. The van der Waals surface area contributed by atoms with Gasteiger partial charge in [-0.3, -0.25) is 0 Å². The first kappa shape index (κ1) is 14.4. The van der Waals surface area contributed by atoms with Crippen LogP contribution < -0.4 is 10.0 Å². The number of rotatable bonds is 6. The largest absolute Gasteiger partial charge is 0.369 e. The van der Waals surface area contributed by atoms with Crippen LogP contribution >= 0.6 is 0 Å². The zero-order valence-corrected chi connectivity index (χ0v) is 12.1. The van der Waals surface area contributed by atoms with Gasteiger partial charge in [-0.15, -0.1) is 0 Å². The van der Waals surface area contributed by atoms with Gasteiger partial charge in [0.25, 0.3) is 0 Å². The van der Waals surface area contributed by atoms with Gasteiger partial charge < -0.3 is 5.32 Å². The van der Waals surface area contributed by atoms with Crippen molar-refractivity contribution >= 4 is 15.8 Å². The Morgan fingerprint density at radius 1 is 1.30 bits per heavy atom. The van der Waals surface area contributed by atoms with Crippen LogP contribution in [0.4, 0.5) is 5.82 Å². The van der Waals surface area contributed by atoms with Gasteiger partial charge in [0, 0.05) is 25.4 Å². The van der Waals surface area contributed by atoms with Crippen LogP contribution in [0.3, 0.4) is 0 Å². The molecule has 8 nitrogen and oxygen atoms in total. The SMILES string of the molecule is Cc1ccn(-c2cc(NCCNS(C)(=O)=O)ncn2)n1. The molecular formula is C11H16N6O2S. The summed E-state index contributed by atoms with van der Waals surface area (Å²) >= 11 is 0. The van der Waals surface area contributed by atoms with Crippen LogP contribution in [-0.4, -0.2) is 47.5 Å². The molecule has 2 N–H and O–H groups in total. The monoisotopic (exact) mass is 296 g/mol. The number of hydrogen-bond donors (Lipinski definition) is 2. The third kappa shape index (κ3) is 4.28. The van der Waals surface area contributed by atoms with Crippen molar-refractivity contribution in [3.05, 3.63) is 30.4 Å². The van der Waals surface area contributed by atoms with E-state index in [2.05, 4.69) is 25.1 Å². The number of aryl methyl sites for hydroxylation is 1. The fourth-order valence-corrected chi connectivity index (χ4v) is 2.01. The minimum atomic E-state index is -3.16. The van der Waals surface area contributed by atoms with Crippen molar-refractivity contribution in [1.29, 1.82) is 0 Å². The summed E-state index contributed by atoms with van der Waals surface area (Å²) in [7, 11) is -3.16. The molecule has 9 heteroatoms. The molecule has 0 saturated heterocycles. The number of nitrogens with one attached hydrogen (secondary N) is 2. The molecule has 0 fully saturated rings. The van der Waals surface area contributed by atoms with E-state index in [0.29, 0.717) is 24.7 Å². The molecule has 20 heavy (non-hydrogen) atoms. The smallest absolute Gasteiger partial charge is 0.208 e. The highest BCUT2D eigenvalue weighted by molar-refractivity contribution is 7.88. The molecule has 0 spiro atoms. The van der Waals surface area contributed by atoms with E-state index in [1.54, 1.807) is 10.7 Å². The van der Waals surface area contributed by atoms with Gasteiger partial charge in [-0.1, -0.05) is 0 Å². The molecule has 0 bridgehead atoms. The van der Waals surface area contributed by atoms with E-state index >= 15 is 0 Å². The molecule has 0 aliphatic rings. The van der Waals surface area contributed by atoms with Crippen molar-refractivity contribution < 1.29 is 8.42 Å². The van der Waals surface area contributed by atoms with Crippen molar-refractivity contribution in [1.82, 2.24) is 24.5 Å². The van der Waals surface area contributed by atoms with Crippen LogP contribution in [0.15, 0.2) is 24.7 Å². The maximum atomic E-state index is 10.9. The van der Waals surface area contributed by atoms with Gasteiger partial charge in [0.2, 0.25) is 10.0 Å². The second-order valence-electron chi connectivity index (χ2n) is 4.26. The molecule has 0 radical (unpaired) electrons. The second-order valence-corrected chi connectivity index (χ2v) is 6.09. The summed E-state index contributed by atoms with van der Waals surface area (Å²) < 4.78 is 25.9. The average molecular weight is 296 g/mol. The molecule has 2 aromatic rings. The van der Waals surface area contributed by atoms with E-state index in [1.165, 1.54) is 6.33 Å². The minimum absolute atomic E-state index is 0.291. The first-order chi connectivity index (χ1) is 9.44. The third-order valence-electron chi connectivity index (χ3n) is 2.41. The molecule has 2 aromatic heterocycles. The van der Waals surface area contributed by atoms with E-state index in [-0.39, 0.29) is 0 Å². The lowest BCUT2D eigenvalue weighted by Gasteiger charge is -2.07. The molecule has 108 valence electrons. The molecule has 0 aliphatic carbocycles. The van der Waals surface area contributed by atoms with E-state index in [9.17, 15) is 8.42 Å². The predicted octanol–water partition coefficient (Wildman–Crippen LogP) is -0.0682. The zero-order valence-electron chi connectivity index (χ0n) is 11.2. The van der Waals surface area contributed by atoms with Crippen LogP contribution in [0.1, 0.15) is 5.69 Å². The summed E-state index contributed by atoms with van der Waals surface area (Å²) in [5, 5.41) is 7.27. The van der Waals surface area contributed by atoms with Gasteiger partial charge in [0.15, 0.2) is 5.82 Å². The molecule has 0 aromatic carbocycles. The van der Waals surface area contributed by atoms with E-state index in [0.717, 1.165) is 11.9 Å². The number of hydrogen-bond acceptors (Lipinski definition) is 6. The van der Waals surface area contributed by atoms with E-state index in [1.807, 2.05) is 19.2 Å². The van der Waals surface area contributed by atoms with Crippen molar-refractivity contribution in [2.75, 3.05) is 24.7 Å². The molecule has 0 atom stereocenters. The Kier molecular flexibility index (Phi) is 4.30. The fraction of sp³-hybridized carbons (Fsp3) is 0.364. The van der Waals surface area contributed by atoms with Crippen molar-refractivity contribution in [3.63, 3.8) is 0 Å². The predicted molar refractivity (Wildman–Crippen MR) is 75.2 cm³/mol. The molecule has 0 saturated carbocycles. The summed E-state index contributed by atoms with van der Waals surface area (Å²) in [6, 6.07) is 3.62. The van der Waals surface area contributed by atoms with Gasteiger partial charge in [0.05, 0.1) is 11.9 Å². The Bertz CT molecular complexity index is 682. The Balaban J connectivity index is 1.96. The normalized spacial score (nSPS) is 11.5. The van der Waals surface area contributed by atoms with Crippen LogP contribution in [0, 0.1) is 6.92 Å². The standard InChI is InChI=1S/C11H16N6O2S/c1-9-3-6-17(16-9)11-7-10(13-8-14-11)12-4-5-15-20(2,18)19/h3,6-8,15H,4-5H2,1-2H3,(H,12,13,14). The first-order valence-electron chi connectivity index (χ1n) is 5.97. The summed E-state index contributed by atoms with van der Waals surface area (Å²) in [4.78, 5) is 8.19. The summed E-state index contributed by atoms with van der Waals surface area (Å²) in [5.41, 5.74) is 0.899.